The van der Waals surface area contributed by atoms with Crippen molar-refractivity contribution < 1.29 is 14.3 Å². The number of carbonyl (C=O) groups is 2. The molecule has 31 heavy (non-hydrogen) atoms. The second-order valence-electron chi connectivity index (χ2n) is 6.99. The number of ether oxygens (including phenoxy) is 1. The van der Waals surface area contributed by atoms with Gasteiger partial charge in [0.2, 0.25) is 0 Å². The van der Waals surface area contributed by atoms with E-state index in [4.69, 9.17) is 4.74 Å². The van der Waals surface area contributed by atoms with Gasteiger partial charge in [-0.25, -0.2) is 4.79 Å². The van der Waals surface area contributed by atoms with Crippen LogP contribution in [0.2, 0.25) is 0 Å². The smallest absolute Gasteiger partial charge is 0.339 e. The number of nitrogens with one attached hydrogen (secondary N) is 1. The highest BCUT2D eigenvalue weighted by Crippen LogP contribution is 2.27. The van der Waals surface area contributed by atoms with E-state index in [0.29, 0.717) is 22.3 Å². The maximum absolute atomic E-state index is 12.8. The first-order chi connectivity index (χ1) is 15.1. The predicted octanol–water partition coefficient (Wildman–Crippen LogP) is 5.15. The molecule has 1 amide bonds. The van der Waals surface area contributed by atoms with Gasteiger partial charge >= 0.3 is 5.97 Å². The zero-order valence-electron chi connectivity index (χ0n) is 17.6. The molecule has 0 atom stereocenters. The van der Waals surface area contributed by atoms with Gasteiger partial charge in [0.25, 0.3) is 5.91 Å². The Balaban J connectivity index is 1.76. The van der Waals surface area contributed by atoms with Crippen molar-refractivity contribution in [1.82, 2.24) is 0 Å². The van der Waals surface area contributed by atoms with Crippen LogP contribution in [-0.4, -0.2) is 18.5 Å². The highest BCUT2D eigenvalue weighted by Gasteiger charge is 2.18. The second kappa shape index (κ2) is 10.2. The standard InChI is InChI=1S/C26H24N2O3/c1-3-18-11-9-12-19(4-2)25(18)28-24(29)17-31-26(30)23-15-8-7-14-22(23)21-13-6-5-10-20(21)16-27/h5-15H,3-4,17H2,1-2H3,(H,28,29). The molecule has 3 rings (SSSR count). The van der Waals surface area contributed by atoms with Crippen LogP contribution >= 0.6 is 0 Å². The molecule has 0 saturated carbocycles. The first-order valence-corrected chi connectivity index (χ1v) is 10.2. The van der Waals surface area contributed by atoms with Gasteiger partial charge in [0.05, 0.1) is 17.2 Å². The molecule has 156 valence electrons. The van der Waals surface area contributed by atoms with E-state index in [1.165, 1.54) is 0 Å². The number of nitriles is 1. The fraction of sp³-hybridized carbons (Fsp3) is 0.192. The van der Waals surface area contributed by atoms with Gasteiger partial charge in [-0.3, -0.25) is 4.79 Å². The lowest BCUT2D eigenvalue weighted by atomic mass is 9.96. The number of amides is 1. The molecule has 0 aliphatic heterocycles. The number of hydrogen-bond acceptors (Lipinski definition) is 4. The van der Waals surface area contributed by atoms with Gasteiger partial charge in [0.15, 0.2) is 6.61 Å². The Bertz CT molecular complexity index is 1120. The number of hydrogen-bond donors (Lipinski definition) is 1. The van der Waals surface area contributed by atoms with E-state index in [2.05, 4.69) is 11.4 Å². The van der Waals surface area contributed by atoms with Crippen molar-refractivity contribution in [3.05, 3.63) is 89.0 Å². The Labute approximate surface area is 182 Å². The third-order valence-electron chi connectivity index (χ3n) is 5.08. The van der Waals surface area contributed by atoms with E-state index in [1.54, 1.807) is 42.5 Å². The van der Waals surface area contributed by atoms with Crippen molar-refractivity contribution in [3.63, 3.8) is 0 Å². The summed E-state index contributed by atoms with van der Waals surface area (Å²) >= 11 is 0. The van der Waals surface area contributed by atoms with Gasteiger partial charge in [0, 0.05) is 11.3 Å². The van der Waals surface area contributed by atoms with Gasteiger partial charge < -0.3 is 10.1 Å². The molecule has 0 fully saturated rings. The van der Waals surface area contributed by atoms with E-state index in [-0.39, 0.29) is 5.91 Å². The van der Waals surface area contributed by atoms with E-state index in [0.717, 1.165) is 29.7 Å². The van der Waals surface area contributed by atoms with E-state index < -0.39 is 12.6 Å². The molecule has 1 N–H and O–H groups in total. The molecule has 0 aliphatic rings. The zero-order chi connectivity index (χ0) is 22.2. The number of anilines is 1. The minimum absolute atomic E-state index is 0.307. The SMILES string of the molecule is CCc1cccc(CC)c1NC(=O)COC(=O)c1ccccc1-c1ccccc1C#N. The highest BCUT2D eigenvalue weighted by molar-refractivity contribution is 6.00. The molecule has 5 heteroatoms. The molecule has 3 aromatic rings. The van der Waals surface area contributed by atoms with Crippen LogP contribution in [0.4, 0.5) is 5.69 Å². The summed E-state index contributed by atoms with van der Waals surface area (Å²) in [6.45, 7) is 3.66. The lowest BCUT2D eigenvalue weighted by Gasteiger charge is -2.15. The highest BCUT2D eigenvalue weighted by atomic mass is 16.5. The van der Waals surface area contributed by atoms with Crippen molar-refractivity contribution >= 4 is 17.6 Å². The molecule has 3 aromatic carbocycles. The first kappa shape index (κ1) is 21.8. The van der Waals surface area contributed by atoms with E-state index in [9.17, 15) is 14.9 Å². The number of aryl methyl sites for hydroxylation is 2. The Morgan fingerprint density at radius 2 is 1.48 bits per heavy atom. The second-order valence-corrected chi connectivity index (χ2v) is 6.99. The van der Waals surface area contributed by atoms with Crippen molar-refractivity contribution in [3.8, 4) is 17.2 Å². The van der Waals surface area contributed by atoms with Gasteiger partial charge in [0.1, 0.15) is 0 Å². The Kier molecular flexibility index (Phi) is 7.18. The average molecular weight is 412 g/mol. The molecule has 0 radical (unpaired) electrons. The zero-order valence-corrected chi connectivity index (χ0v) is 17.6. The van der Waals surface area contributed by atoms with Crippen LogP contribution in [0.1, 0.15) is 40.9 Å². The number of nitrogens with zero attached hydrogens (tertiary/aromatic N) is 1. The molecular weight excluding hydrogens is 388 g/mol. The van der Waals surface area contributed by atoms with E-state index in [1.807, 2.05) is 38.1 Å². The number of rotatable bonds is 7. The number of carbonyl (C=O) groups excluding carboxylic acids is 2. The molecule has 0 saturated heterocycles. The minimum atomic E-state index is -0.613. The molecule has 0 unspecified atom stereocenters. The average Bonchev–Trinajstić information content (AvgIpc) is 2.82. The maximum atomic E-state index is 12.8. The summed E-state index contributed by atoms with van der Waals surface area (Å²) in [5, 5.41) is 12.3. The summed E-state index contributed by atoms with van der Waals surface area (Å²) in [4.78, 5) is 25.3. The fourth-order valence-electron chi connectivity index (χ4n) is 3.50. The van der Waals surface area contributed by atoms with Crippen LogP contribution in [0.25, 0.3) is 11.1 Å². The normalized spacial score (nSPS) is 10.2. The monoisotopic (exact) mass is 412 g/mol. The summed E-state index contributed by atoms with van der Waals surface area (Å²) in [5.74, 6) is -1.00. The summed E-state index contributed by atoms with van der Waals surface area (Å²) in [6.07, 6.45) is 1.57. The number of benzene rings is 3. The number of esters is 1. The lowest BCUT2D eigenvalue weighted by molar-refractivity contribution is -0.119. The van der Waals surface area contributed by atoms with Crippen LogP contribution in [0.5, 0.6) is 0 Å². The third kappa shape index (κ3) is 4.99. The molecule has 0 aliphatic carbocycles. The van der Waals surface area contributed by atoms with Crippen LogP contribution in [0.15, 0.2) is 66.7 Å². The van der Waals surface area contributed by atoms with Gasteiger partial charge in [-0.2, -0.15) is 5.26 Å². The van der Waals surface area contributed by atoms with E-state index >= 15 is 0 Å². The molecule has 0 heterocycles. The Morgan fingerprint density at radius 3 is 2.13 bits per heavy atom. The van der Waals surface area contributed by atoms with Crippen molar-refractivity contribution in [2.24, 2.45) is 0 Å². The summed E-state index contributed by atoms with van der Waals surface area (Å²) in [6, 6.07) is 22.0. The van der Waals surface area contributed by atoms with Crippen molar-refractivity contribution in [2.45, 2.75) is 26.7 Å². The molecule has 0 aromatic heterocycles. The van der Waals surface area contributed by atoms with Crippen LogP contribution < -0.4 is 5.32 Å². The van der Waals surface area contributed by atoms with Gasteiger partial charge in [-0.15, -0.1) is 0 Å². The van der Waals surface area contributed by atoms with Crippen molar-refractivity contribution in [1.29, 1.82) is 5.26 Å². The lowest BCUT2D eigenvalue weighted by Crippen LogP contribution is -2.22. The quantitative estimate of drug-likeness (QED) is 0.545. The van der Waals surface area contributed by atoms with Crippen LogP contribution in [0, 0.1) is 11.3 Å². The maximum Gasteiger partial charge on any atom is 0.339 e. The predicted molar refractivity (Wildman–Crippen MR) is 121 cm³/mol. The Hall–Kier alpha value is -3.91. The molecule has 5 nitrogen and oxygen atoms in total. The summed E-state index contributed by atoms with van der Waals surface area (Å²) in [5.41, 5.74) is 4.87. The summed E-state index contributed by atoms with van der Waals surface area (Å²) < 4.78 is 5.31. The largest absolute Gasteiger partial charge is 0.452 e. The van der Waals surface area contributed by atoms with Gasteiger partial charge in [-0.05, 0) is 41.7 Å². The topological polar surface area (TPSA) is 79.2 Å². The number of para-hydroxylation sites is 1. The minimum Gasteiger partial charge on any atom is -0.452 e. The third-order valence-corrected chi connectivity index (χ3v) is 5.08. The first-order valence-electron chi connectivity index (χ1n) is 10.2. The van der Waals surface area contributed by atoms with Crippen LogP contribution in [-0.2, 0) is 22.4 Å². The van der Waals surface area contributed by atoms with Crippen molar-refractivity contribution in [2.75, 3.05) is 11.9 Å². The summed E-state index contributed by atoms with van der Waals surface area (Å²) in [7, 11) is 0. The van der Waals surface area contributed by atoms with Crippen LogP contribution in [0.3, 0.4) is 0 Å². The van der Waals surface area contributed by atoms with Gasteiger partial charge in [-0.1, -0.05) is 68.4 Å². The molecular formula is C26H24N2O3. The fourth-order valence-corrected chi connectivity index (χ4v) is 3.50. The molecule has 0 spiro atoms. The Morgan fingerprint density at radius 1 is 0.871 bits per heavy atom. The molecule has 0 bridgehead atoms.